The van der Waals surface area contributed by atoms with Crippen molar-refractivity contribution in [3.63, 3.8) is 0 Å². The molecule has 1 saturated heterocycles. The van der Waals surface area contributed by atoms with Crippen LogP contribution in [0.2, 0.25) is 0 Å². The van der Waals surface area contributed by atoms with Gasteiger partial charge in [0.2, 0.25) is 0 Å². The number of rotatable bonds is 1. The predicted octanol–water partition coefficient (Wildman–Crippen LogP) is 2.79. The second kappa shape index (κ2) is 5.39. The van der Waals surface area contributed by atoms with Crippen LogP contribution in [-0.4, -0.2) is 29.7 Å². The van der Waals surface area contributed by atoms with E-state index in [0.717, 1.165) is 19.4 Å². The molecule has 0 radical (unpaired) electrons. The smallest absolute Gasteiger partial charge is 0.410 e. The van der Waals surface area contributed by atoms with Crippen LogP contribution in [0.25, 0.3) is 0 Å². The lowest BCUT2D eigenvalue weighted by atomic mass is 9.88. The van der Waals surface area contributed by atoms with Gasteiger partial charge in [0.25, 0.3) is 0 Å². The second-order valence-corrected chi connectivity index (χ2v) is 5.75. The maximum absolute atomic E-state index is 11.9. The molecule has 0 saturated carbocycles. The quantitative estimate of drug-likeness (QED) is 0.705. The van der Waals surface area contributed by atoms with E-state index in [2.05, 4.69) is 6.07 Å². The van der Waals surface area contributed by atoms with E-state index in [-0.39, 0.29) is 17.9 Å². The van der Waals surface area contributed by atoms with Gasteiger partial charge in [-0.15, -0.1) is 0 Å². The van der Waals surface area contributed by atoms with E-state index in [1.807, 2.05) is 27.7 Å². The summed E-state index contributed by atoms with van der Waals surface area (Å²) < 4.78 is 5.34. The molecule has 1 aliphatic rings. The molecular weight excluding hydrogens is 216 g/mol. The summed E-state index contributed by atoms with van der Waals surface area (Å²) in [6.07, 6.45) is 1.72. The Morgan fingerprint density at radius 2 is 2.18 bits per heavy atom. The summed E-state index contributed by atoms with van der Waals surface area (Å²) in [5, 5.41) is 8.91. The molecule has 1 rings (SSSR count). The minimum atomic E-state index is -0.454. The number of piperidine rings is 1. The molecule has 0 bridgehead atoms. The largest absolute Gasteiger partial charge is 0.444 e. The van der Waals surface area contributed by atoms with Crippen LogP contribution in [0.5, 0.6) is 0 Å². The molecule has 17 heavy (non-hydrogen) atoms. The van der Waals surface area contributed by atoms with Crippen molar-refractivity contribution in [2.45, 2.75) is 46.1 Å². The number of ether oxygens (including phenoxy) is 1. The van der Waals surface area contributed by atoms with Crippen LogP contribution in [0.4, 0.5) is 4.79 Å². The SMILES string of the molecule is CC(C#N)C1CCCN(C(=O)OC(C)(C)C)C1. The van der Waals surface area contributed by atoms with Gasteiger partial charge in [-0.1, -0.05) is 0 Å². The highest BCUT2D eigenvalue weighted by Gasteiger charge is 2.29. The van der Waals surface area contributed by atoms with E-state index >= 15 is 0 Å². The van der Waals surface area contributed by atoms with Crippen LogP contribution in [0.1, 0.15) is 40.5 Å². The van der Waals surface area contributed by atoms with Crippen LogP contribution in [0, 0.1) is 23.2 Å². The Bertz CT molecular complexity index is 314. The zero-order valence-electron chi connectivity index (χ0n) is 11.2. The van der Waals surface area contributed by atoms with Gasteiger partial charge in [0, 0.05) is 19.0 Å². The molecule has 2 unspecified atom stereocenters. The van der Waals surface area contributed by atoms with Crippen LogP contribution in [-0.2, 0) is 4.74 Å². The predicted molar refractivity (Wildman–Crippen MR) is 65.3 cm³/mol. The van der Waals surface area contributed by atoms with Crippen molar-refractivity contribution >= 4 is 6.09 Å². The van der Waals surface area contributed by atoms with Crippen LogP contribution in [0.15, 0.2) is 0 Å². The third-order valence-corrected chi connectivity index (χ3v) is 3.02. The van der Waals surface area contributed by atoms with E-state index in [1.54, 1.807) is 4.90 Å². The zero-order valence-corrected chi connectivity index (χ0v) is 11.2. The van der Waals surface area contributed by atoms with Gasteiger partial charge in [0.1, 0.15) is 5.60 Å². The zero-order chi connectivity index (χ0) is 13.1. The molecule has 1 fully saturated rings. The summed E-state index contributed by atoms with van der Waals surface area (Å²) in [6, 6.07) is 2.26. The van der Waals surface area contributed by atoms with E-state index in [1.165, 1.54) is 0 Å². The molecule has 0 aliphatic carbocycles. The number of hydrogen-bond acceptors (Lipinski definition) is 3. The third-order valence-electron chi connectivity index (χ3n) is 3.02. The Kier molecular flexibility index (Phi) is 4.39. The molecule has 1 amide bonds. The molecule has 4 heteroatoms. The summed E-state index contributed by atoms with van der Waals surface area (Å²) in [6.45, 7) is 8.90. The highest BCUT2D eigenvalue weighted by atomic mass is 16.6. The molecule has 0 N–H and O–H groups in total. The molecule has 2 atom stereocenters. The Labute approximate surface area is 104 Å². The van der Waals surface area contributed by atoms with Crippen molar-refractivity contribution in [2.24, 2.45) is 11.8 Å². The first kappa shape index (κ1) is 13.8. The van der Waals surface area contributed by atoms with Gasteiger partial charge in [-0.3, -0.25) is 0 Å². The van der Waals surface area contributed by atoms with E-state index in [9.17, 15) is 4.79 Å². The number of carbonyl (C=O) groups excluding carboxylic acids is 1. The molecule has 0 aromatic rings. The molecular formula is C13H22N2O2. The minimum Gasteiger partial charge on any atom is -0.444 e. The summed E-state index contributed by atoms with van der Waals surface area (Å²) in [5.74, 6) is 0.279. The van der Waals surface area contributed by atoms with Crippen molar-refractivity contribution in [1.29, 1.82) is 5.26 Å². The fourth-order valence-corrected chi connectivity index (χ4v) is 2.02. The maximum atomic E-state index is 11.9. The lowest BCUT2D eigenvalue weighted by molar-refractivity contribution is 0.0149. The van der Waals surface area contributed by atoms with Crippen LogP contribution in [0.3, 0.4) is 0 Å². The Morgan fingerprint density at radius 3 is 2.71 bits per heavy atom. The fourth-order valence-electron chi connectivity index (χ4n) is 2.02. The number of likely N-dealkylation sites (tertiary alicyclic amines) is 1. The normalized spacial score (nSPS) is 22.8. The first-order valence-corrected chi connectivity index (χ1v) is 6.21. The highest BCUT2D eigenvalue weighted by Crippen LogP contribution is 2.24. The number of carbonyl (C=O) groups is 1. The summed E-state index contributed by atoms with van der Waals surface area (Å²) >= 11 is 0. The summed E-state index contributed by atoms with van der Waals surface area (Å²) in [5.41, 5.74) is -0.454. The Balaban J connectivity index is 2.55. The lowest BCUT2D eigenvalue weighted by Gasteiger charge is -2.35. The van der Waals surface area contributed by atoms with Crippen LogP contribution < -0.4 is 0 Å². The van der Waals surface area contributed by atoms with Crippen LogP contribution >= 0.6 is 0 Å². The standard InChI is InChI=1S/C13H22N2O2/c1-10(8-14)11-6-5-7-15(9-11)12(16)17-13(2,3)4/h10-11H,5-7,9H2,1-4H3. The molecule has 0 spiro atoms. The van der Waals surface area contributed by atoms with Crippen molar-refractivity contribution in [3.8, 4) is 6.07 Å². The lowest BCUT2D eigenvalue weighted by Crippen LogP contribution is -2.44. The number of nitrogens with zero attached hydrogens (tertiary/aromatic N) is 2. The highest BCUT2D eigenvalue weighted by molar-refractivity contribution is 5.68. The molecule has 0 aromatic heterocycles. The van der Waals surface area contributed by atoms with Gasteiger partial charge in [0.05, 0.1) is 6.07 Å². The van der Waals surface area contributed by atoms with Gasteiger partial charge < -0.3 is 9.64 Å². The molecule has 1 aliphatic heterocycles. The van der Waals surface area contributed by atoms with E-state index in [4.69, 9.17) is 10.00 Å². The van der Waals surface area contributed by atoms with Gasteiger partial charge >= 0.3 is 6.09 Å². The van der Waals surface area contributed by atoms with Gasteiger partial charge in [-0.05, 0) is 46.5 Å². The molecule has 4 nitrogen and oxygen atoms in total. The fraction of sp³-hybridized carbons (Fsp3) is 0.846. The van der Waals surface area contributed by atoms with E-state index < -0.39 is 5.60 Å². The Morgan fingerprint density at radius 1 is 1.53 bits per heavy atom. The van der Waals surface area contributed by atoms with E-state index in [0.29, 0.717) is 6.54 Å². The number of hydrogen-bond donors (Lipinski definition) is 0. The summed E-state index contributed by atoms with van der Waals surface area (Å²) in [4.78, 5) is 13.6. The molecule has 96 valence electrons. The van der Waals surface area contributed by atoms with Crippen molar-refractivity contribution in [1.82, 2.24) is 4.90 Å². The second-order valence-electron chi connectivity index (χ2n) is 5.75. The monoisotopic (exact) mass is 238 g/mol. The van der Waals surface area contributed by atoms with Gasteiger partial charge in [-0.2, -0.15) is 5.26 Å². The average Bonchev–Trinajstić information content (AvgIpc) is 2.26. The van der Waals surface area contributed by atoms with Gasteiger partial charge in [0.15, 0.2) is 0 Å². The Hall–Kier alpha value is -1.24. The van der Waals surface area contributed by atoms with Gasteiger partial charge in [-0.25, -0.2) is 4.79 Å². The average molecular weight is 238 g/mol. The first-order chi connectivity index (χ1) is 7.83. The summed E-state index contributed by atoms with van der Waals surface area (Å²) in [7, 11) is 0. The molecule has 0 aromatic carbocycles. The first-order valence-electron chi connectivity index (χ1n) is 6.21. The van der Waals surface area contributed by atoms with Crippen molar-refractivity contribution < 1.29 is 9.53 Å². The topological polar surface area (TPSA) is 53.3 Å². The number of nitriles is 1. The number of amides is 1. The minimum absolute atomic E-state index is 0.000219. The maximum Gasteiger partial charge on any atom is 0.410 e. The molecule has 1 heterocycles. The third kappa shape index (κ3) is 4.26. The van der Waals surface area contributed by atoms with Crippen molar-refractivity contribution in [3.05, 3.63) is 0 Å². The van der Waals surface area contributed by atoms with Crippen molar-refractivity contribution in [2.75, 3.05) is 13.1 Å².